The first kappa shape index (κ1) is 25.1. The lowest BCUT2D eigenvalue weighted by Gasteiger charge is -2.23. The summed E-state index contributed by atoms with van der Waals surface area (Å²) in [4.78, 5) is 37.4. The molecule has 37 heavy (non-hydrogen) atoms. The molecule has 4 heterocycles. The number of benzene rings is 1. The number of carbonyl (C=O) groups is 1. The normalized spacial score (nSPS) is 13.6. The molecule has 1 aliphatic rings. The molecule has 5 rings (SSSR count). The third kappa shape index (κ3) is 4.53. The minimum Gasteiger partial charge on any atom is -0.377 e. The van der Waals surface area contributed by atoms with Crippen molar-refractivity contribution in [1.82, 2.24) is 29.0 Å². The molecule has 10 nitrogen and oxygen atoms in total. The van der Waals surface area contributed by atoms with Crippen molar-refractivity contribution < 1.29 is 4.79 Å². The molecule has 0 bridgehead atoms. The van der Waals surface area contributed by atoms with E-state index in [4.69, 9.17) is 16.6 Å². The number of anilines is 2. The molecule has 1 atom stereocenters. The molecule has 3 aromatic heterocycles. The Hall–Kier alpha value is -3.57. The molecule has 4 aromatic rings. The van der Waals surface area contributed by atoms with Crippen LogP contribution in [0, 0.1) is 6.92 Å². The number of pyridine rings is 1. The van der Waals surface area contributed by atoms with E-state index in [9.17, 15) is 9.59 Å². The van der Waals surface area contributed by atoms with Gasteiger partial charge >= 0.3 is 0 Å². The standard InChI is InChI=1S/C25H27ClN8O2S/c1-13-8-16(14(2)28-18-6-7-20(26)29-22(18)23(35)31-37-5)21-17(9-13)24(36)32(3)25(30-21)34-11-15-10-27-33(4)19(15)12-34/h6-10,14,28H,11-12H2,1-5H3,(H,31,35). The van der Waals surface area contributed by atoms with Gasteiger partial charge in [-0.2, -0.15) is 5.10 Å². The predicted octanol–water partition coefficient (Wildman–Crippen LogP) is 3.72. The molecule has 0 spiro atoms. The molecule has 0 aliphatic carbocycles. The largest absolute Gasteiger partial charge is 0.377 e. The van der Waals surface area contributed by atoms with Crippen LogP contribution in [0.25, 0.3) is 10.9 Å². The summed E-state index contributed by atoms with van der Waals surface area (Å²) < 4.78 is 6.16. The van der Waals surface area contributed by atoms with Crippen molar-refractivity contribution in [2.45, 2.75) is 33.0 Å². The summed E-state index contributed by atoms with van der Waals surface area (Å²) in [6, 6.07) is 6.95. The number of amides is 1. The number of aromatic nitrogens is 5. The Morgan fingerprint density at radius 3 is 2.70 bits per heavy atom. The highest BCUT2D eigenvalue weighted by Gasteiger charge is 2.27. The van der Waals surface area contributed by atoms with Crippen LogP contribution < -0.4 is 20.5 Å². The molecule has 0 saturated heterocycles. The number of hydrogen-bond donors (Lipinski definition) is 2. The smallest absolute Gasteiger partial charge is 0.281 e. The monoisotopic (exact) mass is 538 g/mol. The minimum absolute atomic E-state index is 0.112. The van der Waals surface area contributed by atoms with Gasteiger partial charge in [0.1, 0.15) is 5.15 Å². The SMILES string of the molecule is CSNC(=O)c1nc(Cl)ccc1NC(C)c1cc(C)cc2c(=O)n(C)c(N3Cc4cnn(C)c4C3)nc12. The summed E-state index contributed by atoms with van der Waals surface area (Å²) in [5.74, 6) is 0.246. The molecular formula is C25H27ClN8O2S. The van der Waals surface area contributed by atoms with Crippen LogP contribution in [0.5, 0.6) is 0 Å². The lowest BCUT2D eigenvalue weighted by atomic mass is 10.0. The first-order chi connectivity index (χ1) is 17.7. The Kier molecular flexibility index (Phi) is 6.59. The fourth-order valence-electron chi connectivity index (χ4n) is 4.76. The van der Waals surface area contributed by atoms with E-state index in [-0.39, 0.29) is 28.4 Å². The van der Waals surface area contributed by atoms with Crippen LogP contribution in [0.15, 0.2) is 35.3 Å². The van der Waals surface area contributed by atoms with Crippen LogP contribution >= 0.6 is 23.5 Å². The number of halogens is 1. The lowest BCUT2D eigenvalue weighted by molar-refractivity contribution is 0.0980. The van der Waals surface area contributed by atoms with E-state index in [2.05, 4.69) is 25.0 Å². The summed E-state index contributed by atoms with van der Waals surface area (Å²) in [5, 5.41) is 8.49. The summed E-state index contributed by atoms with van der Waals surface area (Å²) in [5.41, 5.74) is 5.26. The highest BCUT2D eigenvalue weighted by Crippen LogP contribution is 2.31. The summed E-state index contributed by atoms with van der Waals surface area (Å²) >= 11 is 7.26. The van der Waals surface area contributed by atoms with Crippen molar-refractivity contribution in [3.05, 3.63) is 74.0 Å². The van der Waals surface area contributed by atoms with Gasteiger partial charge in [-0.3, -0.25) is 23.6 Å². The maximum Gasteiger partial charge on any atom is 0.281 e. The molecular weight excluding hydrogens is 512 g/mol. The third-order valence-corrected chi connectivity index (χ3v) is 7.17. The summed E-state index contributed by atoms with van der Waals surface area (Å²) in [6.45, 7) is 5.18. The van der Waals surface area contributed by atoms with E-state index in [1.54, 1.807) is 30.0 Å². The zero-order valence-corrected chi connectivity index (χ0v) is 22.7. The average molecular weight is 539 g/mol. The maximum absolute atomic E-state index is 13.5. The van der Waals surface area contributed by atoms with E-state index in [1.165, 1.54) is 11.9 Å². The van der Waals surface area contributed by atoms with Gasteiger partial charge in [0, 0.05) is 38.0 Å². The highest BCUT2D eigenvalue weighted by molar-refractivity contribution is 7.97. The van der Waals surface area contributed by atoms with Gasteiger partial charge in [-0.05, 0) is 37.6 Å². The zero-order valence-electron chi connectivity index (χ0n) is 21.2. The van der Waals surface area contributed by atoms with Gasteiger partial charge in [0.15, 0.2) is 5.69 Å². The second-order valence-corrected chi connectivity index (χ2v) is 10.2. The number of rotatable bonds is 6. The van der Waals surface area contributed by atoms with E-state index in [0.717, 1.165) is 22.4 Å². The molecule has 12 heteroatoms. The number of nitrogens with zero attached hydrogens (tertiary/aromatic N) is 6. The van der Waals surface area contributed by atoms with Crippen molar-refractivity contribution in [2.75, 3.05) is 16.5 Å². The zero-order chi connectivity index (χ0) is 26.4. The fourth-order valence-corrected chi connectivity index (χ4v) is 5.19. The van der Waals surface area contributed by atoms with E-state index in [1.807, 2.05) is 43.9 Å². The Morgan fingerprint density at radius 1 is 1.19 bits per heavy atom. The third-order valence-electron chi connectivity index (χ3n) is 6.57. The van der Waals surface area contributed by atoms with Gasteiger partial charge in [-0.15, -0.1) is 0 Å². The Bertz CT molecular complexity index is 1600. The fraction of sp³-hybridized carbons (Fsp3) is 0.320. The Labute approximate surface area is 223 Å². The first-order valence-electron chi connectivity index (χ1n) is 11.7. The van der Waals surface area contributed by atoms with Crippen molar-refractivity contribution in [3.8, 4) is 0 Å². The molecule has 1 unspecified atom stereocenters. The highest BCUT2D eigenvalue weighted by atomic mass is 35.5. The van der Waals surface area contributed by atoms with Gasteiger partial charge in [-0.25, -0.2) is 9.97 Å². The second-order valence-electron chi connectivity index (χ2n) is 9.15. The molecule has 1 amide bonds. The number of carbonyl (C=O) groups excluding carboxylic acids is 1. The van der Waals surface area contributed by atoms with Crippen LogP contribution in [0.2, 0.25) is 5.15 Å². The molecule has 0 radical (unpaired) electrons. The van der Waals surface area contributed by atoms with Gasteiger partial charge < -0.3 is 10.2 Å². The molecule has 192 valence electrons. The minimum atomic E-state index is -0.351. The van der Waals surface area contributed by atoms with Crippen LogP contribution in [-0.4, -0.2) is 36.5 Å². The number of hydrogen-bond acceptors (Lipinski definition) is 8. The topological polar surface area (TPSA) is 110 Å². The number of fused-ring (bicyclic) bond motifs is 2. The van der Waals surface area contributed by atoms with E-state index < -0.39 is 0 Å². The van der Waals surface area contributed by atoms with Crippen LogP contribution in [0.3, 0.4) is 0 Å². The van der Waals surface area contributed by atoms with E-state index >= 15 is 0 Å². The van der Waals surface area contributed by atoms with Crippen molar-refractivity contribution in [3.63, 3.8) is 0 Å². The Morgan fingerprint density at radius 2 is 1.97 bits per heavy atom. The predicted molar refractivity (Wildman–Crippen MR) is 147 cm³/mol. The summed E-state index contributed by atoms with van der Waals surface area (Å²) in [6.07, 6.45) is 3.62. The lowest BCUT2D eigenvalue weighted by Crippen LogP contribution is -2.29. The molecule has 1 aromatic carbocycles. The Balaban J connectivity index is 1.57. The van der Waals surface area contributed by atoms with E-state index in [0.29, 0.717) is 35.6 Å². The molecule has 1 aliphatic heterocycles. The molecule has 0 saturated carbocycles. The maximum atomic E-state index is 13.5. The van der Waals surface area contributed by atoms with Gasteiger partial charge in [0.2, 0.25) is 5.95 Å². The van der Waals surface area contributed by atoms with Crippen LogP contribution in [-0.2, 0) is 27.2 Å². The first-order valence-corrected chi connectivity index (χ1v) is 13.3. The summed E-state index contributed by atoms with van der Waals surface area (Å²) in [7, 11) is 3.67. The van der Waals surface area contributed by atoms with Crippen LogP contribution in [0.4, 0.5) is 11.6 Å². The van der Waals surface area contributed by atoms with Gasteiger partial charge in [-0.1, -0.05) is 29.6 Å². The quantitative estimate of drug-likeness (QED) is 0.282. The molecule has 2 N–H and O–H groups in total. The molecule has 0 fully saturated rings. The van der Waals surface area contributed by atoms with Crippen molar-refractivity contribution in [1.29, 1.82) is 0 Å². The van der Waals surface area contributed by atoms with Gasteiger partial charge in [0.05, 0.1) is 41.1 Å². The second kappa shape index (κ2) is 9.71. The number of nitrogens with one attached hydrogen (secondary N) is 2. The van der Waals surface area contributed by atoms with Crippen molar-refractivity contribution in [2.24, 2.45) is 14.1 Å². The van der Waals surface area contributed by atoms with Crippen molar-refractivity contribution >= 4 is 52.0 Å². The average Bonchev–Trinajstić information content (AvgIpc) is 3.44. The van der Waals surface area contributed by atoms with Gasteiger partial charge in [0.25, 0.3) is 11.5 Å². The van der Waals surface area contributed by atoms with Crippen LogP contribution in [0.1, 0.15) is 45.8 Å². The number of aryl methyl sites for hydroxylation is 2.